The second kappa shape index (κ2) is 15.0. The molecule has 16 rings (SSSR count). The Balaban J connectivity index is 0.932. The van der Waals surface area contributed by atoms with Gasteiger partial charge in [0.2, 0.25) is 0 Å². The minimum atomic E-state index is -0.654. The van der Waals surface area contributed by atoms with E-state index >= 15 is 0 Å². The van der Waals surface area contributed by atoms with Gasteiger partial charge >= 0.3 is 0 Å². The zero-order valence-corrected chi connectivity index (χ0v) is 39.4. The quantitative estimate of drug-likeness (QED) is 0.176. The van der Waals surface area contributed by atoms with E-state index in [1.165, 1.54) is 66.8 Å². The summed E-state index contributed by atoms with van der Waals surface area (Å²) in [5.41, 5.74) is 21.0. The number of furan rings is 1. The van der Waals surface area contributed by atoms with Crippen LogP contribution in [0.4, 0.5) is 0 Å². The van der Waals surface area contributed by atoms with Crippen molar-refractivity contribution in [3.8, 4) is 67.5 Å². The van der Waals surface area contributed by atoms with Crippen LogP contribution in [0.2, 0.25) is 0 Å². The molecule has 11 aromatic carbocycles. The van der Waals surface area contributed by atoms with Gasteiger partial charge in [-0.3, -0.25) is 0 Å². The van der Waals surface area contributed by atoms with Crippen molar-refractivity contribution in [2.24, 2.45) is 0 Å². The lowest BCUT2D eigenvalue weighted by Crippen LogP contribution is -2.43. The van der Waals surface area contributed by atoms with Crippen LogP contribution in [-0.4, -0.2) is 15.0 Å². The molecule has 2 aromatic heterocycles. The average molecular weight is 928 g/mol. The average Bonchev–Trinajstić information content (AvgIpc) is 4.20. The fourth-order valence-corrected chi connectivity index (χ4v) is 13.3. The van der Waals surface area contributed by atoms with Crippen molar-refractivity contribution in [3.05, 3.63) is 293 Å². The molecule has 0 saturated carbocycles. The Labute approximate surface area is 421 Å². The summed E-state index contributed by atoms with van der Waals surface area (Å²) in [5.74, 6) is 1.90. The van der Waals surface area contributed by atoms with Crippen LogP contribution in [0.25, 0.3) is 100 Å². The van der Waals surface area contributed by atoms with Gasteiger partial charge in [-0.15, -0.1) is 0 Å². The molecule has 2 spiro atoms. The largest absolute Gasteiger partial charge is 0.456 e. The lowest BCUT2D eigenvalue weighted by molar-refractivity contribution is 0.633. The molecule has 0 unspecified atom stereocenters. The van der Waals surface area contributed by atoms with E-state index in [-0.39, 0.29) is 0 Å². The van der Waals surface area contributed by atoms with Crippen molar-refractivity contribution in [2.75, 3.05) is 0 Å². The number of hydrogen-bond donors (Lipinski definition) is 0. The zero-order valence-electron chi connectivity index (χ0n) is 39.4. The van der Waals surface area contributed by atoms with Crippen LogP contribution in [0.3, 0.4) is 0 Å². The highest BCUT2D eigenvalue weighted by Gasteiger charge is 2.59. The maximum atomic E-state index is 6.73. The van der Waals surface area contributed by atoms with Gasteiger partial charge in [0.05, 0.1) is 10.8 Å². The van der Waals surface area contributed by atoms with Crippen LogP contribution < -0.4 is 0 Å². The summed E-state index contributed by atoms with van der Waals surface area (Å²) in [7, 11) is 0. The van der Waals surface area contributed by atoms with Gasteiger partial charge in [-0.05, 0) is 119 Å². The van der Waals surface area contributed by atoms with Crippen molar-refractivity contribution in [3.63, 3.8) is 0 Å². The summed E-state index contributed by atoms with van der Waals surface area (Å²) in [5, 5.41) is 4.48. The number of para-hydroxylation sites is 1. The molecule has 3 aliphatic carbocycles. The number of rotatable bonds is 4. The maximum Gasteiger partial charge on any atom is 0.164 e. The lowest BCUT2D eigenvalue weighted by atomic mass is 9.52. The SMILES string of the molecule is c1ccc(-c2nc(-c3cccc(-c4ccc5c(c4)-c4cc6oc7ccccc7c6cc4C54c5ccccc5C5(c6ccccc6-c6ccccc65)c5ccccc54)c3)nc(-c3cccc4ccccc34)n2)cc1. The molecule has 0 aliphatic heterocycles. The third kappa shape index (κ3) is 5.41. The van der Waals surface area contributed by atoms with Gasteiger partial charge in [-0.1, -0.05) is 218 Å². The van der Waals surface area contributed by atoms with Crippen LogP contribution in [0.5, 0.6) is 0 Å². The van der Waals surface area contributed by atoms with Crippen molar-refractivity contribution in [1.29, 1.82) is 0 Å². The molecule has 0 saturated heterocycles. The van der Waals surface area contributed by atoms with E-state index in [0.717, 1.165) is 60.5 Å². The Hall–Kier alpha value is -9.51. The van der Waals surface area contributed by atoms with Crippen molar-refractivity contribution in [2.45, 2.75) is 10.8 Å². The molecule has 0 bridgehead atoms. The van der Waals surface area contributed by atoms with Crippen molar-refractivity contribution < 1.29 is 4.42 Å². The van der Waals surface area contributed by atoms with E-state index < -0.39 is 10.8 Å². The predicted molar refractivity (Wildman–Crippen MR) is 295 cm³/mol. The monoisotopic (exact) mass is 927 g/mol. The first-order chi connectivity index (χ1) is 36.2. The molecular formula is C69H41N3O. The van der Waals surface area contributed by atoms with Crippen LogP contribution in [0, 0.1) is 0 Å². The summed E-state index contributed by atoms with van der Waals surface area (Å²) in [6, 6.07) is 90.7. The number of hydrogen-bond acceptors (Lipinski definition) is 4. The normalized spacial score (nSPS) is 14.0. The van der Waals surface area contributed by atoms with Crippen LogP contribution >= 0.6 is 0 Å². The highest BCUT2D eigenvalue weighted by atomic mass is 16.3. The first kappa shape index (κ1) is 40.2. The Morgan fingerprint density at radius 3 is 1.45 bits per heavy atom. The molecule has 73 heavy (non-hydrogen) atoms. The highest BCUT2D eigenvalue weighted by molar-refractivity contribution is 6.09. The van der Waals surface area contributed by atoms with E-state index in [9.17, 15) is 0 Å². The maximum absolute atomic E-state index is 6.73. The Morgan fingerprint density at radius 1 is 0.247 bits per heavy atom. The van der Waals surface area contributed by atoms with Gasteiger partial charge < -0.3 is 4.42 Å². The standard InChI is InChI=1S/C69H41N3O/c1-2-19-43(20-3-1)65-70-66(72-67(71-65)51-28-17-21-42-18-4-5-24-47(42)51)46-23-16-22-44(38-46)45-36-37-57-52(39-45)53-41-64-54(50-27-8-15-35-63(50)73-64)40-62(53)69(57)60-33-13-11-31-58(60)68(59-32-12-14-34-61(59)69)55-29-9-6-25-48(55)49-26-7-10-30-56(49)68/h1-41H. The first-order valence-electron chi connectivity index (χ1n) is 25.1. The molecule has 0 N–H and O–H groups in total. The fraction of sp³-hybridized carbons (Fsp3) is 0.0290. The molecule has 338 valence electrons. The highest BCUT2D eigenvalue weighted by Crippen LogP contribution is 2.68. The Morgan fingerprint density at radius 2 is 0.726 bits per heavy atom. The molecule has 2 heterocycles. The van der Waals surface area contributed by atoms with Gasteiger partial charge in [0, 0.05) is 27.5 Å². The Kier molecular flexibility index (Phi) is 8.27. The summed E-state index contributed by atoms with van der Waals surface area (Å²) in [6.45, 7) is 0. The molecule has 0 fully saturated rings. The van der Waals surface area contributed by atoms with E-state index in [4.69, 9.17) is 19.4 Å². The second-order valence-electron chi connectivity index (χ2n) is 19.7. The lowest BCUT2D eigenvalue weighted by Gasteiger charge is -2.48. The zero-order chi connectivity index (χ0) is 47.8. The third-order valence-electron chi connectivity index (χ3n) is 16.2. The van der Waals surface area contributed by atoms with Crippen LogP contribution in [-0.2, 0) is 10.8 Å². The molecule has 3 aliphatic rings. The summed E-state index contributed by atoms with van der Waals surface area (Å²) < 4.78 is 6.73. The van der Waals surface area contributed by atoms with Gasteiger partial charge in [0.15, 0.2) is 17.5 Å². The van der Waals surface area contributed by atoms with Crippen molar-refractivity contribution in [1.82, 2.24) is 15.0 Å². The predicted octanol–water partition coefficient (Wildman–Crippen LogP) is 16.6. The summed E-state index contributed by atoms with van der Waals surface area (Å²) in [4.78, 5) is 15.5. The second-order valence-corrected chi connectivity index (χ2v) is 19.7. The topological polar surface area (TPSA) is 51.8 Å². The van der Waals surface area contributed by atoms with Crippen LogP contribution in [0.1, 0.15) is 44.5 Å². The minimum Gasteiger partial charge on any atom is -0.456 e. The molecule has 0 amide bonds. The summed E-state index contributed by atoms with van der Waals surface area (Å²) >= 11 is 0. The molecule has 4 nitrogen and oxygen atoms in total. The fourth-order valence-electron chi connectivity index (χ4n) is 13.3. The van der Waals surface area contributed by atoms with E-state index in [2.05, 4.69) is 231 Å². The van der Waals surface area contributed by atoms with Gasteiger partial charge in [-0.2, -0.15) is 0 Å². The van der Waals surface area contributed by atoms with Crippen LogP contribution in [0.15, 0.2) is 253 Å². The van der Waals surface area contributed by atoms with Crippen molar-refractivity contribution >= 4 is 32.7 Å². The first-order valence-corrected chi connectivity index (χ1v) is 25.1. The summed E-state index contributed by atoms with van der Waals surface area (Å²) in [6.07, 6.45) is 0. The van der Waals surface area contributed by atoms with E-state index in [1.807, 2.05) is 18.2 Å². The smallest absolute Gasteiger partial charge is 0.164 e. The Bertz CT molecular complexity index is 4370. The minimum absolute atomic E-state index is 0.524. The van der Waals surface area contributed by atoms with Gasteiger partial charge in [-0.25, -0.2) is 15.0 Å². The number of fused-ring (bicyclic) bond motifs is 20. The molecule has 0 atom stereocenters. The van der Waals surface area contributed by atoms with Gasteiger partial charge in [0.1, 0.15) is 11.2 Å². The number of aromatic nitrogens is 3. The number of nitrogens with zero attached hydrogens (tertiary/aromatic N) is 3. The molecular weight excluding hydrogens is 887 g/mol. The third-order valence-corrected chi connectivity index (χ3v) is 16.2. The molecule has 0 radical (unpaired) electrons. The van der Waals surface area contributed by atoms with E-state index in [1.54, 1.807) is 0 Å². The molecule has 13 aromatic rings. The molecule has 4 heteroatoms. The van der Waals surface area contributed by atoms with E-state index in [0.29, 0.717) is 17.5 Å². The number of benzene rings is 11. The van der Waals surface area contributed by atoms with Gasteiger partial charge in [0.25, 0.3) is 0 Å².